The predicted octanol–water partition coefficient (Wildman–Crippen LogP) is 5.09. The van der Waals surface area contributed by atoms with Gasteiger partial charge in [-0.25, -0.2) is 0 Å². The van der Waals surface area contributed by atoms with E-state index in [2.05, 4.69) is 19.9 Å². The molecule has 2 heteroatoms. The summed E-state index contributed by atoms with van der Waals surface area (Å²) in [5.41, 5.74) is 8.26. The molecule has 2 aliphatic carbocycles. The molecule has 3 rings (SSSR count). The Labute approximate surface area is 128 Å². The van der Waals surface area contributed by atoms with E-state index in [1.165, 1.54) is 56.2 Å². The Morgan fingerprint density at radius 1 is 1.10 bits per heavy atom. The highest BCUT2D eigenvalue weighted by Crippen LogP contribution is 2.41. The summed E-state index contributed by atoms with van der Waals surface area (Å²) < 4.78 is 0. The van der Waals surface area contributed by atoms with E-state index in [9.17, 15) is 0 Å². The molecule has 0 amide bonds. The van der Waals surface area contributed by atoms with Crippen molar-refractivity contribution < 1.29 is 0 Å². The van der Waals surface area contributed by atoms with Crippen LogP contribution in [0, 0.1) is 17.8 Å². The Bertz CT molecular complexity index is 427. The van der Waals surface area contributed by atoms with Gasteiger partial charge in [-0.1, -0.05) is 26.7 Å². The van der Waals surface area contributed by atoms with E-state index in [0.717, 1.165) is 11.8 Å². The zero-order valence-corrected chi connectivity index (χ0v) is 13.8. The van der Waals surface area contributed by atoms with Gasteiger partial charge in [0.15, 0.2) is 0 Å². The van der Waals surface area contributed by atoms with Crippen molar-refractivity contribution in [3.8, 4) is 0 Å². The normalized spacial score (nSPS) is 32.5. The van der Waals surface area contributed by atoms with Crippen molar-refractivity contribution in [1.29, 1.82) is 0 Å². The summed E-state index contributed by atoms with van der Waals surface area (Å²) in [4.78, 5) is 3.12. The molecule has 4 atom stereocenters. The third-order valence-electron chi connectivity index (χ3n) is 5.74. The van der Waals surface area contributed by atoms with Crippen LogP contribution in [-0.2, 0) is 12.8 Å². The highest BCUT2D eigenvalue weighted by atomic mass is 32.1. The molecule has 0 bridgehead atoms. The van der Waals surface area contributed by atoms with Crippen molar-refractivity contribution in [3.05, 3.63) is 21.4 Å². The lowest BCUT2D eigenvalue weighted by molar-refractivity contribution is 0.187. The highest BCUT2D eigenvalue weighted by molar-refractivity contribution is 7.12. The maximum atomic E-state index is 6.64. The first-order valence-electron chi connectivity index (χ1n) is 8.52. The van der Waals surface area contributed by atoms with Gasteiger partial charge in [-0.05, 0) is 67.9 Å². The SMILES string of the molecule is CC1CCC(C(N)c2cc3c(s2)CCCCC3)CC1C. The molecule has 20 heavy (non-hydrogen) atoms. The van der Waals surface area contributed by atoms with Crippen LogP contribution in [0.4, 0.5) is 0 Å². The number of thiophene rings is 1. The van der Waals surface area contributed by atoms with Crippen LogP contribution in [0.3, 0.4) is 0 Å². The average molecular weight is 292 g/mol. The second-order valence-corrected chi connectivity index (χ2v) is 8.38. The first-order chi connectivity index (χ1) is 9.65. The maximum Gasteiger partial charge on any atom is 0.0418 e. The molecule has 1 saturated carbocycles. The number of fused-ring (bicyclic) bond motifs is 1. The van der Waals surface area contributed by atoms with Gasteiger partial charge in [-0.3, -0.25) is 0 Å². The Morgan fingerprint density at radius 3 is 2.70 bits per heavy atom. The highest BCUT2D eigenvalue weighted by Gasteiger charge is 2.30. The molecular weight excluding hydrogens is 262 g/mol. The molecule has 0 saturated heterocycles. The van der Waals surface area contributed by atoms with Gasteiger partial charge in [0.25, 0.3) is 0 Å². The number of rotatable bonds is 2. The van der Waals surface area contributed by atoms with Crippen LogP contribution in [0.1, 0.15) is 73.7 Å². The van der Waals surface area contributed by atoms with Crippen LogP contribution in [0.2, 0.25) is 0 Å². The predicted molar refractivity (Wildman–Crippen MR) is 88.2 cm³/mol. The Morgan fingerprint density at radius 2 is 1.90 bits per heavy atom. The van der Waals surface area contributed by atoms with E-state index >= 15 is 0 Å². The Kier molecular flexibility index (Phi) is 4.52. The molecule has 2 aliphatic rings. The van der Waals surface area contributed by atoms with Gasteiger partial charge in [0.2, 0.25) is 0 Å². The monoisotopic (exact) mass is 291 g/mol. The lowest BCUT2D eigenvalue weighted by atomic mass is 9.73. The van der Waals surface area contributed by atoms with E-state index in [1.807, 2.05) is 11.3 Å². The van der Waals surface area contributed by atoms with Crippen molar-refractivity contribution in [3.63, 3.8) is 0 Å². The maximum absolute atomic E-state index is 6.64. The molecule has 0 spiro atoms. The quantitative estimate of drug-likeness (QED) is 0.755. The minimum atomic E-state index is 0.293. The third kappa shape index (κ3) is 2.96. The van der Waals surface area contributed by atoms with E-state index in [4.69, 9.17) is 5.73 Å². The summed E-state index contributed by atoms with van der Waals surface area (Å²) in [6.45, 7) is 4.81. The number of nitrogens with two attached hydrogens (primary N) is 1. The summed E-state index contributed by atoms with van der Waals surface area (Å²) in [6, 6.07) is 2.75. The van der Waals surface area contributed by atoms with Crippen LogP contribution in [0.25, 0.3) is 0 Å². The van der Waals surface area contributed by atoms with Crippen molar-refractivity contribution in [1.82, 2.24) is 0 Å². The Hall–Kier alpha value is -0.340. The average Bonchev–Trinajstić information content (AvgIpc) is 2.72. The molecule has 1 aromatic heterocycles. The number of aryl methyl sites for hydroxylation is 2. The van der Waals surface area contributed by atoms with Gasteiger partial charge in [-0.2, -0.15) is 0 Å². The molecule has 1 heterocycles. The fourth-order valence-electron chi connectivity index (χ4n) is 4.00. The van der Waals surface area contributed by atoms with Gasteiger partial charge in [-0.15, -0.1) is 11.3 Å². The molecule has 1 fully saturated rings. The van der Waals surface area contributed by atoms with Crippen LogP contribution < -0.4 is 5.73 Å². The number of hydrogen-bond donors (Lipinski definition) is 1. The van der Waals surface area contributed by atoms with Crippen molar-refractivity contribution in [2.24, 2.45) is 23.5 Å². The molecule has 4 unspecified atom stereocenters. The van der Waals surface area contributed by atoms with Crippen molar-refractivity contribution in [2.45, 2.75) is 71.3 Å². The minimum absolute atomic E-state index is 0.293. The van der Waals surface area contributed by atoms with Gasteiger partial charge in [0.05, 0.1) is 0 Å². The second kappa shape index (κ2) is 6.19. The van der Waals surface area contributed by atoms with Crippen molar-refractivity contribution in [2.75, 3.05) is 0 Å². The smallest absolute Gasteiger partial charge is 0.0418 e. The lowest BCUT2D eigenvalue weighted by Gasteiger charge is -2.35. The van der Waals surface area contributed by atoms with Gasteiger partial charge in [0, 0.05) is 15.8 Å². The molecule has 0 aromatic carbocycles. The standard InChI is InChI=1S/C18H29NS/c1-12-8-9-15(10-13(12)2)18(19)17-11-14-6-4-3-5-7-16(14)20-17/h11-13,15,18H,3-10,19H2,1-2H3. The summed E-state index contributed by atoms with van der Waals surface area (Å²) in [5.74, 6) is 2.44. The Balaban J connectivity index is 1.72. The van der Waals surface area contributed by atoms with E-state index in [0.29, 0.717) is 12.0 Å². The molecule has 1 nitrogen and oxygen atoms in total. The molecule has 0 radical (unpaired) electrons. The second-order valence-electron chi connectivity index (χ2n) is 7.21. The molecule has 0 aliphatic heterocycles. The first kappa shape index (κ1) is 14.6. The third-order valence-corrected chi connectivity index (χ3v) is 7.08. The van der Waals surface area contributed by atoms with Crippen LogP contribution >= 0.6 is 11.3 Å². The van der Waals surface area contributed by atoms with E-state index in [-0.39, 0.29) is 0 Å². The summed E-state index contributed by atoms with van der Waals surface area (Å²) in [6.07, 6.45) is 10.8. The van der Waals surface area contributed by atoms with E-state index in [1.54, 1.807) is 10.4 Å². The van der Waals surface area contributed by atoms with Gasteiger partial charge in [0.1, 0.15) is 0 Å². The summed E-state index contributed by atoms with van der Waals surface area (Å²) >= 11 is 2.03. The van der Waals surface area contributed by atoms with E-state index < -0.39 is 0 Å². The largest absolute Gasteiger partial charge is 0.323 e. The number of hydrogen-bond acceptors (Lipinski definition) is 2. The fourth-order valence-corrected chi connectivity index (χ4v) is 5.36. The van der Waals surface area contributed by atoms with Gasteiger partial charge < -0.3 is 5.73 Å². The lowest BCUT2D eigenvalue weighted by Crippen LogP contribution is -2.28. The fraction of sp³-hybridized carbons (Fsp3) is 0.778. The summed E-state index contributed by atoms with van der Waals surface area (Å²) in [5, 5.41) is 0. The molecule has 2 N–H and O–H groups in total. The molecule has 1 aromatic rings. The minimum Gasteiger partial charge on any atom is -0.323 e. The first-order valence-corrected chi connectivity index (χ1v) is 9.34. The van der Waals surface area contributed by atoms with Gasteiger partial charge >= 0.3 is 0 Å². The van der Waals surface area contributed by atoms with Crippen molar-refractivity contribution >= 4 is 11.3 Å². The van der Waals surface area contributed by atoms with Crippen LogP contribution in [0.5, 0.6) is 0 Å². The topological polar surface area (TPSA) is 26.0 Å². The molecule has 112 valence electrons. The van der Waals surface area contributed by atoms with Crippen LogP contribution in [-0.4, -0.2) is 0 Å². The zero-order valence-electron chi connectivity index (χ0n) is 13.0. The zero-order chi connectivity index (χ0) is 14.1. The van der Waals surface area contributed by atoms with Crippen LogP contribution in [0.15, 0.2) is 6.07 Å². The summed E-state index contributed by atoms with van der Waals surface area (Å²) in [7, 11) is 0. The molecular formula is C18H29NS.